The standard InChI is InChI=1S/C56H36S/c1-4-13-48-43(9-1)44-10-2-5-14-49(44)56-51-32-30-41(33-52(51)45-11-3-6-15-50(45)55(48)56)39-25-21-37(22-26-39)35-17-19-36(20-18-35)38-23-27-40(28-24-38)42-29-31-47-46-12-7-8-16-53(46)57-54(47)34-42/h2-8,10-34H,1,9H2. The number of benzene rings is 10. The quantitative estimate of drug-likeness (QED) is 0.158. The van der Waals surface area contributed by atoms with Gasteiger partial charge in [-0.3, -0.25) is 0 Å². The van der Waals surface area contributed by atoms with Crippen LogP contribution in [0.5, 0.6) is 0 Å². The summed E-state index contributed by atoms with van der Waals surface area (Å²) in [7, 11) is 0. The van der Waals surface area contributed by atoms with E-state index in [1.165, 1.54) is 119 Å². The summed E-state index contributed by atoms with van der Waals surface area (Å²) in [5.74, 6) is 0. The van der Waals surface area contributed by atoms with Crippen molar-refractivity contribution in [3.63, 3.8) is 0 Å². The molecule has 1 aliphatic carbocycles. The van der Waals surface area contributed by atoms with Crippen molar-refractivity contribution in [3.05, 3.63) is 199 Å². The van der Waals surface area contributed by atoms with Crippen molar-refractivity contribution in [3.8, 4) is 44.5 Å². The monoisotopic (exact) mass is 740 g/mol. The Bertz CT molecular complexity index is 3420. The molecule has 0 nitrogen and oxygen atoms in total. The second-order valence-electron chi connectivity index (χ2n) is 15.5. The zero-order valence-corrected chi connectivity index (χ0v) is 32.1. The molecule has 1 aliphatic rings. The summed E-state index contributed by atoms with van der Waals surface area (Å²) in [6.45, 7) is 0. The highest BCUT2D eigenvalue weighted by Gasteiger charge is 2.20. The van der Waals surface area contributed by atoms with Crippen LogP contribution in [0.4, 0.5) is 0 Å². The largest absolute Gasteiger partial charge is 0.135 e. The Morgan fingerprint density at radius 3 is 1.39 bits per heavy atom. The summed E-state index contributed by atoms with van der Waals surface area (Å²) in [6, 6.07) is 67.8. The van der Waals surface area contributed by atoms with Crippen LogP contribution in [-0.4, -0.2) is 0 Å². The van der Waals surface area contributed by atoms with E-state index >= 15 is 0 Å². The van der Waals surface area contributed by atoms with E-state index in [0.29, 0.717) is 0 Å². The molecule has 1 aromatic heterocycles. The molecule has 0 bridgehead atoms. The number of hydrogen-bond donors (Lipinski definition) is 0. The predicted octanol–water partition coefficient (Wildman–Crippen LogP) is 16.3. The average Bonchev–Trinajstić information content (AvgIpc) is 3.67. The molecule has 0 N–H and O–H groups in total. The number of hydrogen-bond acceptors (Lipinski definition) is 1. The Labute approximate surface area is 335 Å². The van der Waals surface area contributed by atoms with Crippen LogP contribution in [-0.2, 0) is 6.42 Å². The maximum Gasteiger partial charge on any atom is 0.0361 e. The molecule has 0 aliphatic heterocycles. The van der Waals surface area contributed by atoms with E-state index < -0.39 is 0 Å². The third kappa shape index (κ3) is 5.20. The summed E-state index contributed by atoms with van der Waals surface area (Å²) >= 11 is 1.87. The fraction of sp³-hybridized carbons (Fsp3) is 0.0357. The highest BCUT2D eigenvalue weighted by Crippen LogP contribution is 2.45. The first-order valence-corrected chi connectivity index (χ1v) is 20.8. The van der Waals surface area contributed by atoms with Gasteiger partial charge in [0.15, 0.2) is 0 Å². The maximum atomic E-state index is 2.42. The van der Waals surface area contributed by atoms with Gasteiger partial charge in [-0.1, -0.05) is 176 Å². The van der Waals surface area contributed by atoms with Gasteiger partial charge in [-0.15, -0.1) is 11.3 Å². The fourth-order valence-electron chi connectivity index (χ4n) is 9.54. The molecule has 0 amide bonds. The summed E-state index contributed by atoms with van der Waals surface area (Å²) in [6.07, 6.45) is 6.92. The van der Waals surface area contributed by atoms with E-state index in [9.17, 15) is 0 Å². The molecule has 57 heavy (non-hydrogen) atoms. The highest BCUT2D eigenvalue weighted by atomic mass is 32.1. The summed E-state index contributed by atoms with van der Waals surface area (Å²) in [5.41, 5.74) is 12.7. The van der Waals surface area contributed by atoms with Gasteiger partial charge in [-0.05, 0) is 130 Å². The number of thiophene rings is 1. The second-order valence-corrected chi connectivity index (χ2v) is 16.6. The van der Waals surface area contributed by atoms with Gasteiger partial charge in [-0.25, -0.2) is 0 Å². The molecule has 0 saturated carbocycles. The molecule has 0 fully saturated rings. The molecule has 0 saturated heterocycles. The number of rotatable bonds is 4. The van der Waals surface area contributed by atoms with Gasteiger partial charge >= 0.3 is 0 Å². The van der Waals surface area contributed by atoms with Gasteiger partial charge in [-0.2, -0.15) is 0 Å². The minimum atomic E-state index is 1.09. The summed E-state index contributed by atoms with van der Waals surface area (Å²) in [4.78, 5) is 0. The molecule has 10 aromatic carbocycles. The zero-order valence-electron chi connectivity index (χ0n) is 31.3. The number of aryl methyl sites for hydroxylation is 1. The molecular formula is C56H36S. The maximum absolute atomic E-state index is 2.42. The van der Waals surface area contributed by atoms with Crippen molar-refractivity contribution in [2.75, 3.05) is 0 Å². The molecule has 0 unspecified atom stereocenters. The van der Waals surface area contributed by atoms with Gasteiger partial charge in [0.05, 0.1) is 0 Å². The lowest BCUT2D eigenvalue weighted by atomic mass is 9.82. The molecular weight excluding hydrogens is 705 g/mol. The van der Waals surface area contributed by atoms with Gasteiger partial charge < -0.3 is 0 Å². The average molecular weight is 741 g/mol. The summed E-state index contributed by atoms with van der Waals surface area (Å²) < 4.78 is 2.68. The van der Waals surface area contributed by atoms with E-state index in [4.69, 9.17) is 0 Å². The molecule has 0 spiro atoms. The van der Waals surface area contributed by atoms with Crippen LogP contribution in [0.15, 0.2) is 188 Å². The second kappa shape index (κ2) is 12.9. The molecule has 12 rings (SSSR count). The van der Waals surface area contributed by atoms with Crippen molar-refractivity contribution < 1.29 is 0 Å². The zero-order chi connectivity index (χ0) is 37.5. The van der Waals surface area contributed by atoms with Crippen LogP contribution in [0.1, 0.15) is 17.5 Å². The number of fused-ring (bicyclic) bond motifs is 14. The Balaban J connectivity index is 0.854. The minimum Gasteiger partial charge on any atom is -0.135 e. The first kappa shape index (κ1) is 32.4. The van der Waals surface area contributed by atoms with Crippen LogP contribution < -0.4 is 0 Å². The molecule has 11 aromatic rings. The first-order valence-electron chi connectivity index (χ1n) is 20.0. The molecule has 0 radical (unpaired) electrons. The van der Waals surface area contributed by atoms with E-state index in [0.717, 1.165) is 12.8 Å². The molecule has 0 atom stereocenters. The Kier molecular flexibility index (Phi) is 7.33. The van der Waals surface area contributed by atoms with Gasteiger partial charge in [0.25, 0.3) is 0 Å². The highest BCUT2D eigenvalue weighted by molar-refractivity contribution is 7.25. The van der Waals surface area contributed by atoms with Gasteiger partial charge in [0, 0.05) is 20.2 Å². The Morgan fingerprint density at radius 1 is 0.316 bits per heavy atom. The lowest BCUT2D eigenvalue weighted by Gasteiger charge is -2.21. The van der Waals surface area contributed by atoms with E-state index in [1.54, 1.807) is 0 Å². The normalized spacial score (nSPS) is 12.7. The Hall–Kier alpha value is -6.80. The smallest absolute Gasteiger partial charge is 0.0361 e. The van der Waals surface area contributed by atoms with Crippen molar-refractivity contribution >= 4 is 80.7 Å². The van der Waals surface area contributed by atoms with Crippen molar-refractivity contribution in [1.29, 1.82) is 0 Å². The van der Waals surface area contributed by atoms with Gasteiger partial charge in [0.1, 0.15) is 0 Å². The van der Waals surface area contributed by atoms with Crippen molar-refractivity contribution in [1.82, 2.24) is 0 Å². The van der Waals surface area contributed by atoms with E-state index in [1.807, 2.05) is 11.3 Å². The predicted molar refractivity (Wildman–Crippen MR) is 248 cm³/mol. The van der Waals surface area contributed by atoms with Crippen LogP contribution in [0.2, 0.25) is 0 Å². The number of allylic oxidation sites excluding steroid dienone is 1. The topological polar surface area (TPSA) is 0 Å². The van der Waals surface area contributed by atoms with Crippen LogP contribution in [0.3, 0.4) is 0 Å². The SMILES string of the molecule is C1=Cc2c(c3ccccc3c3c4ccc(-c5ccc(-c6ccc(-c7ccc(-c8ccc9c(c8)sc8ccccc89)cc7)cc6)cc5)cc4c4ccccc4c23)CC1. The van der Waals surface area contributed by atoms with E-state index in [2.05, 4.69) is 194 Å². The van der Waals surface area contributed by atoms with Crippen molar-refractivity contribution in [2.45, 2.75) is 12.8 Å². The van der Waals surface area contributed by atoms with Crippen molar-refractivity contribution in [2.24, 2.45) is 0 Å². The minimum absolute atomic E-state index is 1.09. The first-order chi connectivity index (χ1) is 28.2. The molecule has 266 valence electrons. The third-order valence-corrected chi connectivity index (χ3v) is 13.5. The van der Waals surface area contributed by atoms with Gasteiger partial charge in [0.2, 0.25) is 0 Å². The van der Waals surface area contributed by atoms with E-state index in [-0.39, 0.29) is 0 Å². The Morgan fingerprint density at radius 2 is 0.754 bits per heavy atom. The third-order valence-electron chi connectivity index (χ3n) is 12.4. The lowest BCUT2D eigenvalue weighted by molar-refractivity contribution is 1.00. The lowest BCUT2D eigenvalue weighted by Crippen LogP contribution is -1.99. The van der Waals surface area contributed by atoms with Crippen LogP contribution in [0.25, 0.3) is 114 Å². The molecule has 1 heterocycles. The van der Waals surface area contributed by atoms with Crippen LogP contribution in [0, 0.1) is 0 Å². The van der Waals surface area contributed by atoms with Crippen LogP contribution >= 0.6 is 11.3 Å². The molecule has 1 heteroatoms. The summed E-state index contributed by atoms with van der Waals surface area (Å²) in [5, 5.41) is 13.5. The fourth-order valence-corrected chi connectivity index (χ4v) is 10.7.